The number of para-hydroxylation sites is 1. The third-order valence-electron chi connectivity index (χ3n) is 5.16. The van der Waals surface area contributed by atoms with Crippen LogP contribution in [0.1, 0.15) is 43.0 Å². The first-order chi connectivity index (χ1) is 15.1. The lowest BCUT2D eigenvalue weighted by molar-refractivity contribution is 0.0982. The number of nitrogens with zero attached hydrogens (tertiary/aromatic N) is 4. The predicted octanol–water partition coefficient (Wildman–Crippen LogP) is 4.74. The van der Waals surface area contributed by atoms with Gasteiger partial charge in [-0.05, 0) is 49.2 Å². The van der Waals surface area contributed by atoms with Crippen LogP contribution in [0.15, 0.2) is 58.5 Å². The first-order valence-electron chi connectivity index (χ1n) is 10.4. The summed E-state index contributed by atoms with van der Waals surface area (Å²) in [5.41, 5.74) is 1.25. The van der Waals surface area contributed by atoms with Crippen molar-refractivity contribution >= 4 is 34.2 Å². The number of unbranched alkanes of at least 4 members (excludes halogenated alkanes) is 1. The highest BCUT2D eigenvalue weighted by Crippen LogP contribution is 2.23. The smallest absolute Gasteiger partial charge is 0.262 e. The summed E-state index contributed by atoms with van der Waals surface area (Å²) in [6, 6.07) is 13.1. The number of hydrogen-bond acceptors (Lipinski definition) is 5. The summed E-state index contributed by atoms with van der Waals surface area (Å²) in [6.07, 6.45) is 2.89. The number of aromatic nitrogens is 4. The fraction of sp³-hybridized carbons (Fsp3) is 0.304. The molecule has 0 radical (unpaired) electrons. The Morgan fingerprint density at radius 3 is 2.61 bits per heavy atom. The maximum absolute atomic E-state index is 13.0. The Labute approximate surface area is 183 Å². The lowest BCUT2D eigenvalue weighted by Gasteiger charge is -2.10. The molecule has 160 valence electrons. The van der Waals surface area contributed by atoms with Crippen LogP contribution in [-0.2, 0) is 6.54 Å². The molecule has 0 saturated heterocycles. The number of carbonyl (C=O) groups is 1. The summed E-state index contributed by atoms with van der Waals surface area (Å²) in [7, 11) is 0. The van der Waals surface area contributed by atoms with E-state index in [1.54, 1.807) is 4.57 Å². The van der Waals surface area contributed by atoms with Gasteiger partial charge in [0.05, 0.1) is 10.9 Å². The SMILES string of the molecule is CCCCn1c(=O)c2ccccc2n2c(SCCCC(=O)c3ccc(F)cc3)nnc12. The third kappa shape index (κ3) is 4.39. The van der Waals surface area contributed by atoms with Crippen molar-refractivity contribution in [3.05, 3.63) is 70.3 Å². The lowest BCUT2D eigenvalue weighted by atomic mass is 10.1. The summed E-state index contributed by atoms with van der Waals surface area (Å²) in [4.78, 5) is 25.2. The number of aryl methyl sites for hydroxylation is 1. The molecule has 4 rings (SSSR count). The lowest BCUT2D eigenvalue weighted by Crippen LogP contribution is -2.23. The minimum absolute atomic E-state index is 0.00875. The van der Waals surface area contributed by atoms with Crippen molar-refractivity contribution in [2.24, 2.45) is 0 Å². The van der Waals surface area contributed by atoms with Crippen LogP contribution in [0.25, 0.3) is 16.7 Å². The Hall–Kier alpha value is -3.00. The van der Waals surface area contributed by atoms with Gasteiger partial charge >= 0.3 is 0 Å². The van der Waals surface area contributed by atoms with Crippen LogP contribution >= 0.6 is 11.8 Å². The number of Topliss-reactive ketones (excluding diaryl/α,β-unsaturated/α-hetero) is 1. The number of rotatable bonds is 9. The zero-order valence-corrected chi connectivity index (χ0v) is 18.1. The zero-order chi connectivity index (χ0) is 21.8. The molecule has 0 fully saturated rings. The van der Waals surface area contributed by atoms with Crippen LogP contribution in [0.4, 0.5) is 4.39 Å². The number of hydrogen-bond donors (Lipinski definition) is 0. The third-order valence-corrected chi connectivity index (χ3v) is 6.17. The van der Waals surface area contributed by atoms with Crippen molar-refractivity contribution in [3.8, 4) is 0 Å². The molecule has 8 heteroatoms. The molecule has 2 heterocycles. The van der Waals surface area contributed by atoms with Crippen LogP contribution in [-0.4, -0.2) is 30.7 Å². The summed E-state index contributed by atoms with van der Waals surface area (Å²) in [5.74, 6) is 0.860. The normalized spacial score (nSPS) is 11.4. The molecule has 0 saturated carbocycles. The molecule has 2 aromatic heterocycles. The molecule has 0 aliphatic rings. The standard InChI is InChI=1S/C23H23FN4O2S/c1-2-3-14-27-21(30)18-7-4-5-8-19(18)28-22(27)25-26-23(28)31-15-6-9-20(29)16-10-12-17(24)13-11-16/h4-5,7-8,10-13H,2-3,6,9,14-15H2,1H3. The van der Waals surface area contributed by atoms with Gasteiger partial charge in [-0.3, -0.25) is 18.6 Å². The molecule has 0 spiro atoms. The van der Waals surface area contributed by atoms with E-state index in [1.165, 1.54) is 36.0 Å². The van der Waals surface area contributed by atoms with Gasteiger partial charge < -0.3 is 0 Å². The number of halogens is 1. The Morgan fingerprint density at radius 1 is 1.06 bits per heavy atom. The van der Waals surface area contributed by atoms with Crippen molar-refractivity contribution in [3.63, 3.8) is 0 Å². The highest BCUT2D eigenvalue weighted by atomic mass is 32.2. The second kappa shape index (κ2) is 9.43. The fourth-order valence-electron chi connectivity index (χ4n) is 3.52. The molecule has 0 aliphatic heterocycles. The van der Waals surface area contributed by atoms with Gasteiger partial charge in [-0.15, -0.1) is 10.2 Å². The average molecular weight is 439 g/mol. The summed E-state index contributed by atoms with van der Waals surface area (Å²) >= 11 is 1.51. The first kappa shape index (κ1) is 21.2. The predicted molar refractivity (Wildman–Crippen MR) is 120 cm³/mol. The monoisotopic (exact) mass is 438 g/mol. The van der Waals surface area contributed by atoms with Crippen molar-refractivity contribution in [1.29, 1.82) is 0 Å². The molecular formula is C23H23FN4O2S. The molecule has 0 unspecified atom stereocenters. The number of ketones is 1. The van der Waals surface area contributed by atoms with E-state index in [0.29, 0.717) is 47.0 Å². The Balaban J connectivity index is 1.54. The van der Waals surface area contributed by atoms with Gasteiger partial charge in [0, 0.05) is 24.3 Å². The maximum atomic E-state index is 13.0. The molecule has 2 aromatic carbocycles. The van der Waals surface area contributed by atoms with Gasteiger partial charge in [-0.1, -0.05) is 37.2 Å². The van der Waals surface area contributed by atoms with Crippen molar-refractivity contribution in [2.45, 2.75) is 44.3 Å². The molecule has 0 N–H and O–H groups in total. The fourth-order valence-corrected chi connectivity index (χ4v) is 4.40. The minimum Gasteiger partial charge on any atom is -0.294 e. The number of benzene rings is 2. The van der Waals surface area contributed by atoms with Crippen LogP contribution < -0.4 is 5.56 Å². The van der Waals surface area contributed by atoms with E-state index in [4.69, 9.17) is 0 Å². The van der Waals surface area contributed by atoms with Crippen molar-refractivity contribution < 1.29 is 9.18 Å². The summed E-state index contributed by atoms with van der Waals surface area (Å²) in [5, 5.41) is 9.97. The van der Waals surface area contributed by atoms with Gasteiger partial charge in [0.1, 0.15) is 5.82 Å². The molecular weight excluding hydrogens is 415 g/mol. The van der Waals surface area contributed by atoms with E-state index in [1.807, 2.05) is 28.7 Å². The highest BCUT2D eigenvalue weighted by molar-refractivity contribution is 7.99. The van der Waals surface area contributed by atoms with Crippen LogP contribution in [0.3, 0.4) is 0 Å². The van der Waals surface area contributed by atoms with Gasteiger partial charge in [0.15, 0.2) is 10.9 Å². The highest BCUT2D eigenvalue weighted by Gasteiger charge is 2.16. The van der Waals surface area contributed by atoms with Crippen LogP contribution in [0.5, 0.6) is 0 Å². The van der Waals surface area contributed by atoms with E-state index in [2.05, 4.69) is 17.1 Å². The molecule has 31 heavy (non-hydrogen) atoms. The van der Waals surface area contributed by atoms with Crippen LogP contribution in [0, 0.1) is 5.82 Å². The van der Waals surface area contributed by atoms with Crippen molar-refractivity contribution in [1.82, 2.24) is 19.2 Å². The molecule has 0 bridgehead atoms. The largest absolute Gasteiger partial charge is 0.294 e. The number of fused-ring (bicyclic) bond motifs is 3. The molecule has 4 aromatic rings. The zero-order valence-electron chi connectivity index (χ0n) is 17.3. The molecule has 6 nitrogen and oxygen atoms in total. The second-order valence-corrected chi connectivity index (χ2v) is 8.39. The Kier molecular flexibility index (Phi) is 6.46. The first-order valence-corrected chi connectivity index (χ1v) is 11.4. The van der Waals surface area contributed by atoms with Gasteiger partial charge in [-0.25, -0.2) is 4.39 Å². The summed E-state index contributed by atoms with van der Waals surface area (Å²) < 4.78 is 16.6. The van der Waals surface area contributed by atoms with E-state index >= 15 is 0 Å². The van der Waals surface area contributed by atoms with Gasteiger partial charge in [-0.2, -0.15) is 0 Å². The summed E-state index contributed by atoms with van der Waals surface area (Å²) in [6.45, 7) is 2.68. The van der Waals surface area contributed by atoms with E-state index in [0.717, 1.165) is 18.4 Å². The quantitative estimate of drug-likeness (QED) is 0.214. The topological polar surface area (TPSA) is 69.3 Å². The number of thioether (sulfide) groups is 1. The number of carbonyl (C=O) groups excluding carboxylic acids is 1. The maximum Gasteiger partial charge on any atom is 0.262 e. The molecule has 0 amide bonds. The van der Waals surface area contributed by atoms with Gasteiger partial charge in [0.2, 0.25) is 5.78 Å². The second-order valence-electron chi connectivity index (χ2n) is 7.33. The van der Waals surface area contributed by atoms with E-state index in [-0.39, 0.29) is 17.2 Å². The molecule has 0 atom stereocenters. The van der Waals surface area contributed by atoms with Crippen LogP contribution in [0.2, 0.25) is 0 Å². The molecule has 0 aliphatic carbocycles. The Bertz CT molecular complexity index is 1280. The van der Waals surface area contributed by atoms with Crippen molar-refractivity contribution in [2.75, 3.05) is 5.75 Å². The average Bonchev–Trinajstić information content (AvgIpc) is 3.21. The Morgan fingerprint density at radius 2 is 1.84 bits per heavy atom. The van der Waals surface area contributed by atoms with E-state index in [9.17, 15) is 14.0 Å². The van der Waals surface area contributed by atoms with E-state index < -0.39 is 0 Å². The minimum atomic E-state index is -0.351. The van der Waals surface area contributed by atoms with Gasteiger partial charge in [0.25, 0.3) is 5.56 Å².